The number of aromatic carboxylic acids is 1. The van der Waals surface area contributed by atoms with E-state index in [2.05, 4.69) is 0 Å². The third-order valence-corrected chi connectivity index (χ3v) is 8.37. The van der Waals surface area contributed by atoms with E-state index < -0.39 is 28.1 Å². The maximum absolute atomic E-state index is 14.1. The van der Waals surface area contributed by atoms with E-state index in [1.807, 2.05) is 0 Å². The molecule has 0 spiro atoms. The minimum absolute atomic E-state index is 0.156. The molecule has 0 saturated carbocycles. The van der Waals surface area contributed by atoms with Crippen LogP contribution in [0, 0.1) is 0 Å². The molecule has 3 aromatic carbocycles. The molecule has 7 nitrogen and oxygen atoms in total. The number of anilines is 1. The van der Waals surface area contributed by atoms with Crippen LogP contribution >= 0.6 is 23.2 Å². The zero-order chi connectivity index (χ0) is 25.6. The fourth-order valence-corrected chi connectivity index (χ4v) is 6.44. The molecule has 0 fully saturated rings. The van der Waals surface area contributed by atoms with Crippen molar-refractivity contribution in [3.8, 4) is 0 Å². The Morgan fingerprint density at radius 3 is 1.92 bits per heavy atom. The van der Waals surface area contributed by atoms with Crippen LogP contribution in [-0.2, 0) is 10.0 Å². The summed E-state index contributed by atoms with van der Waals surface area (Å²) in [6.45, 7) is 0. The predicted molar refractivity (Wildman–Crippen MR) is 138 cm³/mol. The summed E-state index contributed by atoms with van der Waals surface area (Å²) in [5.74, 6) is -1.10. The average Bonchev–Trinajstić information content (AvgIpc) is 3.22. The summed E-state index contributed by atoms with van der Waals surface area (Å²) in [5.41, 5.74) is 0.715. The summed E-state index contributed by atoms with van der Waals surface area (Å²) in [6.07, 6.45) is 0. The third kappa shape index (κ3) is 4.07. The van der Waals surface area contributed by atoms with Crippen molar-refractivity contribution in [1.82, 2.24) is 4.57 Å². The Morgan fingerprint density at radius 2 is 1.33 bits per heavy atom. The molecule has 0 bridgehead atoms. The summed E-state index contributed by atoms with van der Waals surface area (Å²) in [4.78, 5) is 24.5. The lowest BCUT2D eigenvalue weighted by atomic mass is 9.94. The Labute approximate surface area is 216 Å². The van der Waals surface area contributed by atoms with Gasteiger partial charge in [-0.05, 0) is 59.7 Å². The molecular formula is C26H18Cl2N2O5S. The average molecular weight is 541 g/mol. The molecule has 182 valence electrons. The quantitative estimate of drug-likeness (QED) is 0.366. The lowest BCUT2D eigenvalue weighted by molar-refractivity contribution is 0.0696. The van der Waals surface area contributed by atoms with Gasteiger partial charge in [-0.1, -0.05) is 59.6 Å². The fraction of sp³-hybridized carbons (Fsp3) is 0.0769. The van der Waals surface area contributed by atoms with Crippen LogP contribution in [0.2, 0.25) is 10.0 Å². The molecule has 0 saturated heterocycles. The van der Waals surface area contributed by atoms with Gasteiger partial charge >= 0.3 is 5.97 Å². The van der Waals surface area contributed by atoms with Crippen LogP contribution < -0.4 is 9.86 Å². The van der Waals surface area contributed by atoms with E-state index in [4.69, 9.17) is 23.2 Å². The zero-order valence-corrected chi connectivity index (χ0v) is 20.8. The smallest absolute Gasteiger partial charge is 0.335 e. The van der Waals surface area contributed by atoms with Crippen molar-refractivity contribution >= 4 is 45.0 Å². The number of aromatic nitrogens is 1. The van der Waals surface area contributed by atoms with Crippen molar-refractivity contribution in [2.45, 2.75) is 17.0 Å². The van der Waals surface area contributed by atoms with Crippen molar-refractivity contribution < 1.29 is 18.3 Å². The van der Waals surface area contributed by atoms with E-state index in [1.54, 1.807) is 54.6 Å². The molecule has 1 aromatic heterocycles. The minimum Gasteiger partial charge on any atom is -0.478 e. The van der Waals surface area contributed by atoms with E-state index >= 15 is 0 Å². The fourth-order valence-electron chi connectivity index (χ4n) is 4.51. The Morgan fingerprint density at radius 1 is 0.778 bits per heavy atom. The number of carboxylic acids is 1. The van der Waals surface area contributed by atoms with E-state index in [1.165, 1.54) is 39.2 Å². The second-order valence-electron chi connectivity index (χ2n) is 8.22. The lowest BCUT2D eigenvalue weighted by Gasteiger charge is -2.29. The van der Waals surface area contributed by atoms with Gasteiger partial charge in [0.2, 0.25) is 0 Å². The zero-order valence-electron chi connectivity index (χ0n) is 18.5. The molecule has 0 unspecified atom stereocenters. The Bertz CT molecular complexity index is 1630. The molecule has 2 heterocycles. The maximum Gasteiger partial charge on any atom is 0.335 e. The number of nitrogens with zero attached hydrogens (tertiary/aromatic N) is 2. The lowest BCUT2D eigenvalue weighted by Crippen LogP contribution is -2.34. The number of halogens is 2. The summed E-state index contributed by atoms with van der Waals surface area (Å²) in [6, 6.07) is 21.5. The van der Waals surface area contributed by atoms with Crippen LogP contribution in [0.25, 0.3) is 0 Å². The highest BCUT2D eigenvalue weighted by Gasteiger charge is 2.47. The molecule has 1 N–H and O–H groups in total. The molecule has 5 rings (SSSR count). The van der Waals surface area contributed by atoms with E-state index in [-0.39, 0.29) is 21.8 Å². The molecular weight excluding hydrogens is 523 g/mol. The SMILES string of the molecule is O=C(O)c1cccc(S(=O)(=O)N2c3cccc(=O)n3[C@H](c3ccc(Cl)cc3)[C@@H]2c2ccc(Cl)cc2)c1. The Hall–Kier alpha value is -3.59. The molecule has 0 amide bonds. The minimum atomic E-state index is -4.33. The second kappa shape index (κ2) is 9.13. The summed E-state index contributed by atoms with van der Waals surface area (Å²) >= 11 is 12.2. The van der Waals surface area contributed by atoms with Gasteiger partial charge in [-0.25, -0.2) is 17.5 Å². The highest BCUT2D eigenvalue weighted by molar-refractivity contribution is 7.92. The molecule has 1 aliphatic rings. The van der Waals surface area contributed by atoms with Crippen molar-refractivity contribution in [3.05, 3.63) is 128 Å². The number of carbonyl (C=O) groups is 1. The van der Waals surface area contributed by atoms with Gasteiger partial charge in [0.25, 0.3) is 15.6 Å². The number of pyridine rings is 1. The molecule has 36 heavy (non-hydrogen) atoms. The normalized spacial score (nSPS) is 17.1. The summed E-state index contributed by atoms with van der Waals surface area (Å²) in [5, 5.41) is 10.4. The van der Waals surface area contributed by atoms with E-state index in [0.717, 1.165) is 6.07 Å². The van der Waals surface area contributed by atoms with Crippen molar-refractivity contribution in [3.63, 3.8) is 0 Å². The summed E-state index contributed by atoms with van der Waals surface area (Å²) < 4.78 is 30.9. The van der Waals surface area contributed by atoms with Crippen molar-refractivity contribution in [2.24, 2.45) is 0 Å². The van der Waals surface area contributed by atoms with Gasteiger partial charge in [-0.3, -0.25) is 9.36 Å². The van der Waals surface area contributed by atoms with Crippen molar-refractivity contribution in [2.75, 3.05) is 4.31 Å². The monoisotopic (exact) mass is 540 g/mol. The number of fused-ring (bicyclic) bond motifs is 1. The van der Waals surface area contributed by atoms with Gasteiger partial charge in [0.15, 0.2) is 0 Å². The molecule has 0 radical (unpaired) electrons. The Balaban J connectivity index is 1.80. The first-order valence-corrected chi connectivity index (χ1v) is 13.0. The molecule has 0 aliphatic carbocycles. The van der Waals surface area contributed by atoms with Gasteiger partial charge < -0.3 is 5.11 Å². The van der Waals surface area contributed by atoms with Gasteiger partial charge in [-0.15, -0.1) is 0 Å². The van der Waals surface area contributed by atoms with Crippen LogP contribution in [-0.4, -0.2) is 24.1 Å². The first-order valence-electron chi connectivity index (χ1n) is 10.8. The number of carboxylic acid groups (broad SMARTS) is 1. The first kappa shape index (κ1) is 24.1. The second-order valence-corrected chi connectivity index (χ2v) is 10.9. The number of hydrogen-bond acceptors (Lipinski definition) is 4. The summed E-state index contributed by atoms with van der Waals surface area (Å²) in [7, 11) is -4.33. The number of benzene rings is 3. The topological polar surface area (TPSA) is 96.7 Å². The first-order chi connectivity index (χ1) is 17.2. The standard InChI is InChI=1S/C26H18Cl2N2O5S/c27-19-11-7-16(8-12-19)24-25(17-9-13-20(28)14-10-17)30(22-5-2-6-23(31)29(22)24)36(34,35)21-4-1-3-18(15-21)26(32)33/h1-15,24-25H,(H,32,33)/t24-,25+/m1/s1. The molecule has 1 aliphatic heterocycles. The van der Waals surface area contributed by atoms with Crippen LogP contribution in [0.4, 0.5) is 5.82 Å². The van der Waals surface area contributed by atoms with Gasteiger partial charge in [-0.2, -0.15) is 0 Å². The molecule has 4 aromatic rings. The van der Waals surface area contributed by atoms with Gasteiger partial charge in [0, 0.05) is 16.1 Å². The third-order valence-electron chi connectivity index (χ3n) is 6.08. The van der Waals surface area contributed by atoms with E-state index in [9.17, 15) is 23.1 Å². The molecule has 2 atom stereocenters. The van der Waals surface area contributed by atoms with Gasteiger partial charge in [0.05, 0.1) is 22.5 Å². The van der Waals surface area contributed by atoms with E-state index in [0.29, 0.717) is 21.2 Å². The van der Waals surface area contributed by atoms with Crippen LogP contribution in [0.15, 0.2) is 101 Å². The molecule has 10 heteroatoms. The Kier molecular flexibility index (Phi) is 6.12. The van der Waals surface area contributed by atoms with Crippen LogP contribution in [0.5, 0.6) is 0 Å². The van der Waals surface area contributed by atoms with Crippen LogP contribution in [0.3, 0.4) is 0 Å². The number of rotatable bonds is 5. The van der Waals surface area contributed by atoms with Gasteiger partial charge in [0.1, 0.15) is 5.82 Å². The highest BCUT2D eigenvalue weighted by atomic mass is 35.5. The maximum atomic E-state index is 14.1. The predicted octanol–water partition coefficient (Wildman–Crippen LogP) is 5.39. The number of hydrogen-bond donors (Lipinski definition) is 1. The number of sulfonamides is 1. The van der Waals surface area contributed by atoms with Crippen molar-refractivity contribution in [1.29, 1.82) is 0 Å². The largest absolute Gasteiger partial charge is 0.478 e. The highest BCUT2D eigenvalue weighted by Crippen LogP contribution is 2.49. The van der Waals surface area contributed by atoms with Crippen LogP contribution in [0.1, 0.15) is 33.6 Å².